The Morgan fingerprint density at radius 2 is 2.26 bits per heavy atom. The zero-order valence-corrected chi connectivity index (χ0v) is 15.2. The van der Waals surface area contributed by atoms with E-state index < -0.39 is 0 Å². The lowest BCUT2D eigenvalue weighted by Crippen LogP contribution is -2.27. The van der Waals surface area contributed by atoms with Crippen LogP contribution in [0, 0.1) is 0 Å². The summed E-state index contributed by atoms with van der Waals surface area (Å²) in [6.45, 7) is 0.606. The van der Waals surface area contributed by atoms with E-state index in [9.17, 15) is 4.79 Å². The number of hydrogen-bond acceptors (Lipinski definition) is 5. The summed E-state index contributed by atoms with van der Waals surface area (Å²) < 4.78 is 1.70. The van der Waals surface area contributed by atoms with Crippen LogP contribution in [-0.4, -0.2) is 38.2 Å². The summed E-state index contributed by atoms with van der Waals surface area (Å²) in [5, 5.41) is 11.6. The molecule has 9 heteroatoms. The lowest BCUT2D eigenvalue weighted by atomic mass is 10.4. The summed E-state index contributed by atoms with van der Waals surface area (Å²) in [6.07, 6.45) is 1.69. The van der Waals surface area contributed by atoms with Crippen molar-refractivity contribution in [1.82, 2.24) is 19.5 Å². The Morgan fingerprint density at radius 1 is 1.43 bits per heavy atom. The van der Waals surface area contributed by atoms with E-state index in [4.69, 9.17) is 23.2 Å². The van der Waals surface area contributed by atoms with E-state index in [1.54, 1.807) is 39.9 Å². The summed E-state index contributed by atoms with van der Waals surface area (Å²) in [7, 11) is 1.79. The van der Waals surface area contributed by atoms with Gasteiger partial charge in [-0.25, -0.2) is 0 Å². The molecule has 0 saturated heterocycles. The number of carbonyl (C=O) groups excluding carboxylic acids is 1. The zero-order valence-electron chi connectivity index (χ0n) is 12.1. The lowest BCUT2D eigenvalue weighted by molar-refractivity contribution is -0.127. The number of aromatic nitrogens is 3. The van der Waals surface area contributed by atoms with Crippen molar-refractivity contribution in [2.24, 2.45) is 0 Å². The predicted octanol–water partition coefficient (Wildman–Crippen LogP) is 3.85. The van der Waals surface area contributed by atoms with E-state index in [-0.39, 0.29) is 11.7 Å². The highest BCUT2D eigenvalue weighted by molar-refractivity contribution is 7.99. The number of thiophene rings is 1. The highest BCUT2D eigenvalue weighted by Gasteiger charge is 2.15. The van der Waals surface area contributed by atoms with Gasteiger partial charge in [-0.2, -0.15) is 0 Å². The molecule has 0 radical (unpaired) electrons. The highest BCUT2D eigenvalue weighted by Crippen LogP contribution is 2.25. The van der Waals surface area contributed by atoms with E-state index in [0.29, 0.717) is 27.4 Å². The van der Waals surface area contributed by atoms with E-state index >= 15 is 0 Å². The first-order chi connectivity index (χ1) is 11.0. The lowest BCUT2D eigenvalue weighted by Gasteiger charge is -2.15. The van der Waals surface area contributed by atoms with Crippen LogP contribution in [0.4, 0.5) is 0 Å². The highest BCUT2D eigenvalue weighted by atomic mass is 35.5. The maximum Gasteiger partial charge on any atom is 0.233 e. The average Bonchev–Trinajstić information content (AvgIpc) is 3.14. The van der Waals surface area contributed by atoms with Crippen LogP contribution in [0.2, 0.25) is 10.0 Å². The molecular formula is C14H12Cl2N4OS2. The topological polar surface area (TPSA) is 50.5 Å². The minimum Gasteiger partial charge on any atom is -0.340 e. The molecule has 23 heavy (non-hydrogen) atoms. The molecule has 0 saturated carbocycles. The fourth-order valence-electron chi connectivity index (χ4n) is 1.96. The predicted molar refractivity (Wildman–Crippen MR) is 94.5 cm³/mol. The largest absolute Gasteiger partial charge is 0.340 e. The summed E-state index contributed by atoms with van der Waals surface area (Å²) >= 11 is 15.0. The second-order valence-corrected chi connectivity index (χ2v) is 7.62. The van der Waals surface area contributed by atoms with Crippen LogP contribution in [0.15, 0.2) is 34.9 Å². The molecule has 5 nitrogen and oxygen atoms in total. The fraction of sp³-hybridized carbons (Fsp3) is 0.214. The van der Waals surface area contributed by atoms with Gasteiger partial charge in [0.05, 0.1) is 22.3 Å². The maximum absolute atomic E-state index is 12.2. The van der Waals surface area contributed by atoms with Gasteiger partial charge in [0, 0.05) is 18.1 Å². The second-order valence-electron chi connectivity index (χ2n) is 4.80. The molecule has 3 aromatic heterocycles. The fourth-order valence-corrected chi connectivity index (χ4v) is 4.08. The Bertz CT molecular complexity index is 835. The van der Waals surface area contributed by atoms with Crippen LogP contribution in [-0.2, 0) is 11.3 Å². The summed E-state index contributed by atoms with van der Waals surface area (Å²) in [6, 6.07) is 5.60. The monoisotopic (exact) mass is 386 g/mol. The Morgan fingerprint density at radius 3 is 3.00 bits per heavy atom. The van der Waals surface area contributed by atoms with Crippen LogP contribution in [0.1, 0.15) is 4.88 Å². The number of amides is 1. The number of fused-ring (bicyclic) bond motifs is 1. The molecule has 0 aromatic carbocycles. The maximum atomic E-state index is 12.2. The molecule has 0 aliphatic rings. The van der Waals surface area contributed by atoms with E-state index in [1.807, 2.05) is 17.5 Å². The second kappa shape index (κ2) is 7.09. The first-order valence-corrected chi connectivity index (χ1v) is 9.25. The van der Waals surface area contributed by atoms with Crippen molar-refractivity contribution in [3.63, 3.8) is 0 Å². The van der Waals surface area contributed by atoms with Crippen molar-refractivity contribution in [1.29, 1.82) is 0 Å². The van der Waals surface area contributed by atoms with E-state index in [0.717, 1.165) is 4.88 Å². The summed E-state index contributed by atoms with van der Waals surface area (Å²) in [4.78, 5) is 15.1. The number of nitrogens with zero attached hydrogens (tertiary/aromatic N) is 4. The van der Waals surface area contributed by atoms with Crippen molar-refractivity contribution in [2.45, 2.75) is 11.7 Å². The summed E-state index contributed by atoms with van der Waals surface area (Å²) in [5.74, 6) is 0.292. The van der Waals surface area contributed by atoms with Gasteiger partial charge in [0.15, 0.2) is 10.8 Å². The Kier molecular flexibility index (Phi) is 5.11. The molecule has 0 N–H and O–H groups in total. The molecule has 0 bridgehead atoms. The molecule has 0 spiro atoms. The number of pyridine rings is 1. The molecule has 3 heterocycles. The third-order valence-electron chi connectivity index (χ3n) is 3.12. The van der Waals surface area contributed by atoms with Crippen LogP contribution in [0.3, 0.4) is 0 Å². The number of hydrogen-bond donors (Lipinski definition) is 0. The quantitative estimate of drug-likeness (QED) is 0.624. The van der Waals surface area contributed by atoms with Crippen molar-refractivity contribution in [3.8, 4) is 0 Å². The standard InChI is InChI=1S/C14H12Cl2N4OS2/c1-19(7-10-3-2-4-22-10)12(21)8-23-14-18-17-13-11(16)5-9(15)6-20(13)14/h2-6H,7-8H2,1H3. The molecule has 0 aliphatic carbocycles. The number of rotatable bonds is 5. The van der Waals surface area contributed by atoms with Crippen molar-refractivity contribution in [2.75, 3.05) is 12.8 Å². The van der Waals surface area contributed by atoms with Gasteiger partial charge in [-0.15, -0.1) is 21.5 Å². The normalized spacial score (nSPS) is 11.1. The van der Waals surface area contributed by atoms with Gasteiger partial charge in [0.25, 0.3) is 0 Å². The van der Waals surface area contributed by atoms with Gasteiger partial charge < -0.3 is 4.90 Å². The number of carbonyl (C=O) groups is 1. The Hall–Kier alpha value is -1.28. The first-order valence-electron chi connectivity index (χ1n) is 6.63. The molecule has 3 aromatic rings. The van der Waals surface area contributed by atoms with Crippen LogP contribution < -0.4 is 0 Å². The van der Waals surface area contributed by atoms with Gasteiger partial charge in [-0.3, -0.25) is 9.20 Å². The third-order valence-corrected chi connectivity index (χ3v) is 5.39. The van der Waals surface area contributed by atoms with Gasteiger partial charge >= 0.3 is 0 Å². The van der Waals surface area contributed by atoms with Crippen molar-refractivity contribution < 1.29 is 4.79 Å². The van der Waals surface area contributed by atoms with E-state index in [1.165, 1.54) is 11.8 Å². The first kappa shape index (κ1) is 16.6. The number of halogens is 2. The smallest absolute Gasteiger partial charge is 0.233 e. The molecule has 120 valence electrons. The van der Waals surface area contributed by atoms with E-state index in [2.05, 4.69) is 10.2 Å². The van der Waals surface area contributed by atoms with Gasteiger partial charge in [0.1, 0.15) is 0 Å². The van der Waals surface area contributed by atoms with Crippen LogP contribution in [0.25, 0.3) is 5.65 Å². The summed E-state index contributed by atoms with van der Waals surface area (Å²) in [5.41, 5.74) is 0.526. The molecule has 0 atom stereocenters. The number of thioether (sulfide) groups is 1. The van der Waals surface area contributed by atoms with Crippen molar-refractivity contribution in [3.05, 3.63) is 44.7 Å². The third kappa shape index (κ3) is 3.80. The van der Waals surface area contributed by atoms with Crippen molar-refractivity contribution >= 4 is 57.9 Å². The van der Waals surface area contributed by atoms with Crippen LogP contribution in [0.5, 0.6) is 0 Å². The van der Waals surface area contributed by atoms with Gasteiger partial charge in [0.2, 0.25) is 5.91 Å². The Labute approximate surface area is 151 Å². The zero-order chi connectivity index (χ0) is 16.4. The Balaban J connectivity index is 1.67. The SMILES string of the molecule is CN(Cc1cccs1)C(=O)CSc1nnc2c(Cl)cc(Cl)cn12. The van der Waals surface area contributed by atoms with Gasteiger partial charge in [-0.1, -0.05) is 41.0 Å². The molecule has 1 amide bonds. The molecule has 0 unspecified atom stereocenters. The molecule has 3 rings (SSSR count). The minimum absolute atomic E-state index is 0.0216. The molecule has 0 aliphatic heterocycles. The molecule has 0 fully saturated rings. The minimum atomic E-state index is 0.0216. The van der Waals surface area contributed by atoms with Gasteiger partial charge in [-0.05, 0) is 17.5 Å². The average molecular weight is 387 g/mol. The van der Waals surface area contributed by atoms with Crippen LogP contribution >= 0.6 is 46.3 Å². The molecular weight excluding hydrogens is 375 g/mol.